The molecule has 0 saturated heterocycles. The lowest BCUT2D eigenvalue weighted by Crippen LogP contribution is -2.24. The number of hydrogen-bond acceptors (Lipinski definition) is 2. The van der Waals surface area contributed by atoms with Crippen molar-refractivity contribution in [2.24, 2.45) is 4.99 Å². The topological polar surface area (TPSA) is 32.7 Å². The molecule has 3 heteroatoms. The van der Waals surface area contributed by atoms with Crippen LogP contribution in [0.5, 0.6) is 0 Å². The molecule has 1 heterocycles. The maximum absolute atomic E-state index is 10.6. The first-order valence-electron chi connectivity index (χ1n) is 2.74. The maximum Gasteiger partial charge on any atom is 0.224 e. The Hall–Kier alpha value is -1.12. The molecule has 0 bridgehead atoms. The van der Waals surface area contributed by atoms with E-state index < -0.39 is 0 Å². The predicted molar refractivity (Wildman–Crippen MR) is 35.0 cm³/mol. The fraction of sp³-hybridized carbons (Fsp3) is 0.333. The first kappa shape index (κ1) is 6.01. The summed E-state index contributed by atoms with van der Waals surface area (Å²) in [6.07, 6.45) is 5.14. The predicted octanol–water partition coefficient (Wildman–Crippen LogP) is 0.391. The third kappa shape index (κ3) is 1.38. The van der Waals surface area contributed by atoms with E-state index in [0.29, 0.717) is 6.67 Å². The van der Waals surface area contributed by atoms with Crippen LogP contribution in [0, 0.1) is 0 Å². The van der Waals surface area contributed by atoms with Crippen molar-refractivity contribution in [1.29, 1.82) is 0 Å². The van der Waals surface area contributed by atoms with Crippen molar-refractivity contribution in [2.75, 3.05) is 6.67 Å². The van der Waals surface area contributed by atoms with Crippen LogP contribution in [0.4, 0.5) is 0 Å². The zero-order chi connectivity index (χ0) is 6.69. The van der Waals surface area contributed by atoms with E-state index in [-0.39, 0.29) is 5.91 Å². The molecule has 3 nitrogen and oxygen atoms in total. The van der Waals surface area contributed by atoms with Crippen LogP contribution in [0.25, 0.3) is 0 Å². The number of rotatable bonds is 0. The van der Waals surface area contributed by atoms with Crippen LogP contribution < -0.4 is 0 Å². The number of aliphatic imine (C=N–C) groups is 1. The van der Waals surface area contributed by atoms with Crippen molar-refractivity contribution in [3.63, 3.8) is 0 Å². The summed E-state index contributed by atoms with van der Waals surface area (Å²) < 4.78 is 0. The Bertz CT molecular complexity index is 172. The zero-order valence-corrected chi connectivity index (χ0v) is 5.24. The Kier molecular flexibility index (Phi) is 1.63. The molecule has 9 heavy (non-hydrogen) atoms. The first-order chi connectivity index (χ1) is 4.30. The first-order valence-corrected chi connectivity index (χ1v) is 2.74. The minimum atomic E-state index is 0.0306. The van der Waals surface area contributed by atoms with E-state index in [1.807, 2.05) is 0 Å². The molecule has 0 radical (unpaired) electrons. The van der Waals surface area contributed by atoms with Crippen LogP contribution in [0.3, 0.4) is 0 Å². The molecule has 48 valence electrons. The smallest absolute Gasteiger partial charge is 0.224 e. The SMILES string of the molecule is CC(=O)N1C=CC=NC1. The van der Waals surface area contributed by atoms with Crippen LogP contribution >= 0.6 is 0 Å². The van der Waals surface area contributed by atoms with Crippen LogP contribution in [-0.4, -0.2) is 23.7 Å². The Morgan fingerprint density at radius 3 is 2.89 bits per heavy atom. The molecule has 1 aliphatic heterocycles. The molecule has 0 saturated carbocycles. The van der Waals surface area contributed by atoms with Gasteiger partial charge in [-0.3, -0.25) is 14.7 Å². The number of carbonyl (C=O) groups excluding carboxylic acids is 1. The van der Waals surface area contributed by atoms with Gasteiger partial charge in [-0.15, -0.1) is 0 Å². The van der Waals surface area contributed by atoms with Gasteiger partial charge in [0.25, 0.3) is 0 Å². The minimum Gasteiger partial charge on any atom is -0.299 e. The fourth-order valence-corrected chi connectivity index (χ4v) is 0.590. The Morgan fingerprint density at radius 2 is 2.56 bits per heavy atom. The van der Waals surface area contributed by atoms with E-state index in [2.05, 4.69) is 4.99 Å². The molecule has 0 unspecified atom stereocenters. The molecule has 0 aliphatic carbocycles. The van der Waals surface area contributed by atoms with E-state index in [0.717, 1.165) is 0 Å². The molecule has 1 aliphatic rings. The van der Waals surface area contributed by atoms with Crippen molar-refractivity contribution in [1.82, 2.24) is 4.90 Å². The molecule has 0 fully saturated rings. The van der Waals surface area contributed by atoms with E-state index in [4.69, 9.17) is 0 Å². The average Bonchev–Trinajstić information content (AvgIpc) is 1.90. The lowest BCUT2D eigenvalue weighted by Gasteiger charge is -2.14. The summed E-state index contributed by atoms with van der Waals surface area (Å²) in [5.74, 6) is 0.0306. The Morgan fingerprint density at radius 1 is 1.78 bits per heavy atom. The molecule has 0 atom stereocenters. The van der Waals surface area contributed by atoms with Gasteiger partial charge in [0.05, 0.1) is 0 Å². The highest BCUT2D eigenvalue weighted by Gasteiger charge is 2.02. The molecule has 0 aromatic carbocycles. The van der Waals surface area contributed by atoms with Gasteiger partial charge in [-0.1, -0.05) is 0 Å². The largest absolute Gasteiger partial charge is 0.299 e. The molecular formula is C6H8N2O. The van der Waals surface area contributed by atoms with Gasteiger partial charge < -0.3 is 0 Å². The van der Waals surface area contributed by atoms with Gasteiger partial charge in [-0.05, 0) is 6.08 Å². The molecule has 0 N–H and O–H groups in total. The van der Waals surface area contributed by atoms with Gasteiger partial charge in [0.15, 0.2) is 0 Å². The highest BCUT2D eigenvalue weighted by atomic mass is 16.2. The van der Waals surface area contributed by atoms with Crippen molar-refractivity contribution in [3.05, 3.63) is 12.3 Å². The molecular weight excluding hydrogens is 116 g/mol. The summed E-state index contributed by atoms with van der Waals surface area (Å²) in [5.41, 5.74) is 0. The fourth-order valence-electron chi connectivity index (χ4n) is 0.590. The number of nitrogens with zero attached hydrogens (tertiary/aromatic N) is 2. The standard InChI is InChI=1S/C6H8N2O/c1-6(9)8-4-2-3-7-5-8/h2-4H,5H2,1H3. The van der Waals surface area contributed by atoms with E-state index in [1.165, 1.54) is 6.92 Å². The second kappa shape index (κ2) is 2.44. The van der Waals surface area contributed by atoms with E-state index in [1.54, 1.807) is 23.4 Å². The zero-order valence-electron chi connectivity index (χ0n) is 5.24. The lowest BCUT2D eigenvalue weighted by molar-refractivity contribution is -0.126. The second-order valence-corrected chi connectivity index (χ2v) is 1.80. The number of amides is 1. The van der Waals surface area contributed by atoms with Gasteiger partial charge in [0, 0.05) is 19.3 Å². The van der Waals surface area contributed by atoms with Gasteiger partial charge >= 0.3 is 0 Å². The minimum absolute atomic E-state index is 0.0306. The van der Waals surface area contributed by atoms with Crippen molar-refractivity contribution in [3.8, 4) is 0 Å². The van der Waals surface area contributed by atoms with Crippen LogP contribution in [0.2, 0.25) is 0 Å². The summed E-state index contributed by atoms with van der Waals surface area (Å²) in [6.45, 7) is 1.98. The van der Waals surface area contributed by atoms with E-state index in [9.17, 15) is 4.79 Å². The van der Waals surface area contributed by atoms with Gasteiger partial charge in [0.1, 0.15) is 6.67 Å². The Balaban J connectivity index is 2.56. The molecule has 0 spiro atoms. The highest BCUT2D eigenvalue weighted by molar-refractivity contribution is 5.78. The van der Waals surface area contributed by atoms with Crippen molar-refractivity contribution in [2.45, 2.75) is 6.92 Å². The molecule has 1 rings (SSSR count). The quantitative estimate of drug-likeness (QED) is 0.459. The van der Waals surface area contributed by atoms with Crippen LogP contribution in [0.15, 0.2) is 17.3 Å². The average molecular weight is 124 g/mol. The molecule has 1 amide bonds. The number of carbonyl (C=O) groups is 1. The van der Waals surface area contributed by atoms with Gasteiger partial charge in [-0.25, -0.2) is 0 Å². The summed E-state index contributed by atoms with van der Waals surface area (Å²) >= 11 is 0. The summed E-state index contributed by atoms with van der Waals surface area (Å²) in [6, 6.07) is 0. The van der Waals surface area contributed by atoms with Crippen molar-refractivity contribution < 1.29 is 4.79 Å². The molecule has 0 aromatic rings. The number of hydrogen-bond donors (Lipinski definition) is 0. The maximum atomic E-state index is 10.6. The third-order valence-electron chi connectivity index (χ3n) is 1.10. The second-order valence-electron chi connectivity index (χ2n) is 1.80. The third-order valence-corrected chi connectivity index (χ3v) is 1.10. The summed E-state index contributed by atoms with van der Waals surface area (Å²) in [5, 5.41) is 0. The van der Waals surface area contributed by atoms with Crippen LogP contribution in [0.1, 0.15) is 6.92 Å². The van der Waals surface area contributed by atoms with Gasteiger partial charge in [-0.2, -0.15) is 0 Å². The van der Waals surface area contributed by atoms with Crippen molar-refractivity contribution >= 4 is 12.1 Å². The highest BCUT2D eigenvalue weighted by Crippen LogP contribution is 1.94. The lowest BCUT2D eigenvalue weighted by atomic mass is 10.5. The molecule has 0 aromatic heterocycles. The Labute approximate surface area is 53.7 Å². The van der Waals surface area contributed by atoms with E-state index >= 15 is 0 Å². The van der Waals surface area contributed by atoms with Gasteiger partial charge in [0.2, 0.25) is 5.91 Å². The monoisotopic (exact) mass is 124 g/mol. The summed E-state index contributed by atoms with van der Waals surface area (Å²) in [4.78, 5) is 16.0. The summed E-state index contributed by atoms with van der Waals surface area (Å²) in [7, 11) is 0. The van der Waals surface area contributed by atoms with Crippen LogP contribution in [-0.2, 0) is 4.79 Å². The normalized spacial score (nSPS) is 16.3. The number of allylic oxidation sites excluding steroid dienone is 1.